The fourth-order valence-electron chi connectivity index (χ4n) is 1.70. The van der Waals surface area contributed by atoms with Crippen LogP contribution in [0.3, 0.4) is 0 Å². The quantitative estimate of drug-likeness (QED) is 0.775. The molecule has 0 radical (unpaired) electrons. The van der Waals surface area contributed by atoms with Gasteiger partial charge in [0.15, 0.2) is 11.5 Å². The summed E-state index contributed by atoms with van der Waals surface area (Å²) in [5.74, 6) is 1.33. The van der Waals surface area contributed by atoms with Gasteiger partial charge in [-0.05, 0) is 6.07 Å². The summed E-state index contributed by atoms with van der Waals surface area (Å²) in [6.07, 6.45) is 0. The molecule has 6 heteroatoms. The molecule has 88 valence electrons. The van der Waals surface area contributed by atoms with Gasteiger partial charge in [0.05, 0.1) is 0 Å². The highest BCUT2D eigenvalue weighted by molar-refractivity contribution is 5.72. The number of aromatic hydroxyl groups is 1. The van der Waals surface area contributed by atoms with E-state index < -0.39 is 0 Å². The van der Waals surface area contributed by atoms with Gasteiger partial charge in [-0.2, -0.15) is 0 Å². The van der Waals surface area contributed by atoms with E-state index in [0.717, 1.165) is 0 Å². The van der Waals surface area contributed by atoms with Crippen LogP contribution in [0.4, 0.5) is 5.88 Å². The highest BCUT2D eigenvalue weighted by Gasteiger charge is 2.18. The first-order valence-corrected chi connectivity index (χ1v) is 5.09. The predicted molar refractivity (Wildman–Crippen MR) is 59.0 cm³/mol. The number of nitrogens with two attached hydrogens (primary N) is 1. The second kappa shape index (κ2) is 3.58. The molecule has 1 aliphatic rings. The van der Waals surface area contributed by atoms with Crippen molar-refractivity contribution in [1.29, 1.82) is 0 Å². The number of hydrogen-bond donors (Lipinski definition) is 2. The van der Waals surface area contributed by atoms with Crippen LogP contribution in [0.15, 0.2) is 22.7 Å². The Balaban J connectivity index is 2.11. The van der Waals surface area contributed by atoms with Crippen molar-refractivity contribution in [2.45, 2.75) is 0 Å². The first-order chi connectivity index (χ1) is 8.24. The summed E-state index contributed by atoms with van der Waals surface area (Å²) >= 11 is 0. The second-order valence-electron chi connectivity index (χ2n) is 3.63. The van der Waals surface area contributed by atoms with Gasteiger partial charge in [0.25, 0.3) is 0 Å². The van der Waals surface area contributed by atoms with Gasteiger partial charge in [-0.1, -0.05) is 5.16 Å². The number of hydrogen-bond acceptors (Lipinski definition) is 6. The molecule has 2 heterocycles. The first kappa shape index (κ1) is 9.83. The molecule has 1 aromatic heterocycles. The van der Waals surface area contributed by atoms with Crippen LogP contribution in [0.5, 0.6) is 17.2 Å². The number of benzene rings is 1. The number of aromatic nitrogens is 1. The molecule has 0 saturated heterocycles. The van der Waals surface area contributed by atoms with Gasteiger partial charge in [-0.3, -0.25) is 0 Å². The summed E-state index contributed by atoms with van der Waals surface area (Å²) in [5.41, 5.74) is 6.39. The van der Waals surface area contributed by atoms with E-state index >= 15 is 0 Å². The smallest absolute Gasteiger partial charge is 0.222 e. The number of anilines is 1. The number of nitrogens with zero attached hydrogens (tertiary/aromatic N) is 1. The van der Waals surface area contributed by atoms with E-state index in [1.165, 1.54) is 12.1 Å². The standard InChI is InChI=1S/C11H10N2O4/c12-11-4-7(13-17-11)6-3-9-10(5-8(6)14)16-2-1-15-9/h3-5,14H,1-2,12H2. The summed E-state index contributed by atoms with van der Waals surface area (Å²) in [6, 6.07) is 4.68. The molecule has 17 heavy (non-hydrogen) atoms. The summed E-state index contributed by atoms with van der Waals surface area (Å²) in [6.45, 7) is 0.959. The third-order valence-corrected chi connectivity index (χ3v) is 2.46. The summed E-state index contributed by atoms with van der Waals surface area (Å²) in [5, 5.41) is 13.6. The van der Waals surface area contributed by atoms with E-state index in [0.29, 0.717) is 36.0 Å². The van der Waals surface area contributed by atoms with Crippen molar-refractivity contribution < 1.29 is 19.1 Å². The van der Waals surface area contributed by atoms with Gasteiger partial charge < -0.3 is 24.8 Å². The zero-order valence-corrected chi connectivity index (χ0v) is 8.84. The topological polar surface area (TPSA) is 90.7 Å². The lowest BCUT2D eigenvalue weighted by Crippen LogP contribution is -2.15. The Morgan fingerprint density at radius 3 is 2.47 bits per heavy atom. The zero-order chi connectivity index (χ0) is 11.8. The van der Waals surface area contributed by atoms with Crippen LogP contribution in [-0.4, -0.2) is 23.5 Å². The lowest BCUT2D eigenvalue weighted by molar-refractivity contribution is 0.171. The third kappa shape index (κ3) is 1.63. The summed E-state index contributed by atoms with van der Waals surface area (Å²) in [4.78, 5) is 0. The Morgan fingerprint density at radius 1 is 1.12 bits per heavy atom. The minimum absolute atomic E-state index is 0.0440. The normalized spacial score (nSPS) is 13.6. The monoisotopic (exact) mass is 234 g/mol. The third-order valence-electron chi connectivity index (χ3n) is 2.46. The average Bonchev–Trinajstić information content (AvgIpc) is 2.75. The lowest BCUT2D eigenvalue weighted by Gasteiger charge is -2.19. The molecule has 6 nitrogen and oxygen atoms in total. The molecule has 3 N–H and O–H groups in total. The van der Waals surface area contributed by atoms with Crippen LogP contribution in [0.25, 0.3) is 11.3 Å². The van der Waals surface area contributed by atoms with E-state index in [1.807, 2.05) is 0 Å². The van der Waals surface area contributed by atoms with E-state index in [9.17, 15) is 5.11 Å². The maximum atomic E-state index is 9.87. The molecule has 0 bridgehead atoms. The lowest BCUT2D eigenvalue weighted by atomic mass is 10.1. The van der Waals surface area contributed by atoms with Crippen molar-refractivity contribution in [2.75, 3.05) is 18.9 Å². The van der Waals surface area contributed by atoms with Gasteiger partial charge in [-0.25, -0.2) is 0 Å². The minimum Gasteiger partial charge on any atom is -0.507 e. The maximum absolute atomic E-state index is 9.87. The number of rotatable bonds is 1. The number of phenols is 1. The Bertz CT molecular complexity index is 565. The largest absolute Gasteiger partial charge is 0.507 e. The van der Waals surface area contributed by atoms with Gasteiger partial charge in [0, 0.05) is 17.7 Å². The van der Waals surface area contributed by atoms with Gasteiger partial charge in [0.2, 0.25) is 5.88 Å². The van der Waals surface area contributed by atoms with Crippen LogP contribution in [-0.2, 0) is 0 Å². The van der Waals surface area contributed by atoms with Crippen molar-refractivity contribution in [1.82, 2.24) is 5.16 Å². The molecule has 1 aromatic carbocycles. The molecule has 1 aliphatic heterocycles. The Morgan fingerprint density at radius 2 is 1.82 bits per heavy atom. The van der Waals surface area contributed by atoms with Gasteiger partial charge in [-0.15, -0.1) is 0 Å². The van der Waals surface area contributed by atoms with E-state index in [1.54, 1.807) is 6.07 Å². The zero-order valence-electron chi connectivity index (χ0n) is 8.84. The van der Waals surface area contributed by atoms with Crippen LogP contribution in [0.1, 0.15) is 0 Å². The van der Waals surface area contributed by atoms with Crippen LogP contribution < -0.4 is 15.2 Å². The molecular formula is C11H10N2O4. The molecular weight excluding hydrogens is 224 g/mol. The SMILES string of the molecule is Nc1cc(-c2cc3c(cc2O)OCCO3)no1. The molecule has 2 aromatic rings. The average molecular weight is 234 g/mol. The molecule has 0 amide bonds. The first-order valence-electron chi connectivity index (χ1n) is 5.09. The Hall–Kier alpha value is -2.37. The number of ether oxygens (including phenoxy) is 2. The Labute approximate surface area is 96.5 Å². The Kier molecular flexibility index (Phi) is 2.07. The van der Waals surface area contributed by atoms with Crippen molar-refractivity contribution in [3.05, 3.63) is 18.2 Å². The molecule has 0 spiro atoms. The molecule has 0 unspecified atom stereocenters. The number of nitrogen functional groups attached to an aromatic ring is 1. The maximum Gasteiger partial charge on any atom is 0.222 e. The van der Waals surface area contributed by atoms with Gasteiger partial charge in [0.1, 0.15) is 24.7 Å². The molecule has 0 fully saturated rings. The summed E-state index contributed by atoms with van der Waals surface area (Å²) in [7, 11) is 0. The van der Waals surface area contributed by atoms with Crippen LogP contribution >= 0.6 is 0 Å². The minimum atomic E-state index is 0.0440. The van der Waals surface area contributed by atoms with Crippen LogP contribution in [0.2, 0.25) is 0 Å². The van der Waals surface area contributed by atoms with E-state index in [2.05, 4.69) is 5.16 Å². The fraction of sp³-hybridized carbons (Fsp3) is 0.182. The van der Waals surface area contributed by atoms with Crippen LogP contribution in [0, 0.1) is 0 Å². The van der Waals surface area contributed by atoms with E-state index in [4.69, 9.17) is 19.7 Å². The van der Waals surface area contributed by atoms with E-state index in [-0.39, 0.29) is 11.6 Å². The summed E-state index contributed by atoms with van der Waals surface area (Å²) < 4.78 is 15.5. The molecule has 3 rings (SSSR count). The van der Waals surface area contributed by atoms with Crippen molar-refractivity contribution >= 4 is 5.88 Å². The molecule has 0 atom stereocenters. The number of fused-ring (bicyclic) bond motifs is 1. The second-order valence-corrected chi connectivity index (χ2v) is 3.63. The van der Waals surface area contributed by atoms with Crippen molar-refractivity contribution in [2.24, 2.45) is 0 Å². The highest BCUT2D eigenvalue weighted by atomic mass is 16.6. The number of phenolic OH excluding ortho intramolecular Hbond substituents is 1. The predicted octanol–water partition coefficient (Wildman–Crippen LogP) is 1.40. The van der Waals surface area contributed by atoms with Gasteiger partial charge >= 0.3 is 0 Å². The molecule has 0 saturated carbocycles. The highest BCUT2D eigenvalue weighted by Crippen LogP contribution is 2.40. The van der Waals surface area contributed by atoms with Crippen molar-refractivity contribution in [3.8, 4) is 28.5 Å². The van der Waals surface area contributed by atoms with Crippen molar-refractivity contribution in [3.63, 3.8) is 0 Å². The fourth-order valence-corrected chi connectivity index (χ4v) is 1.70. The molecule has 0 aliphatic carbocycles.